The van der Waals surface area contributed by atoms with Crippen LogP contribution in [0.25, 0.3) is 16.9 Å². The molecule has 0 spiro atoms. The molecular formula is C26H37N7O2. The Kier molecular flexibility index (Phi) is 7.66. The number of pyridine rings is 1. The maximum atomic E-state index is 13.2. The number of hydrogen-bond acceptors (Lipinski definition) is 7. The summed E-state index contributed by atoms with van der Waals surface area (Å²) in [5, 5.41) is 14.4. The average molecular weight is 480 g/mol. The summed E-state index contributed by atoms with van der Waals surface area (Å²) < 4.78 is 3.24. The minimum Gasteiger partial charge on any atom is -0.384 e. The van der Waals surface area contributed by atoms with E-state index in [0.717, 1.165) is 25.9 Å². The van der Waals surface area contributed by atoms with Crippen LogP contribution in [0.4, 0.5) is 5.95 Å². The number of hydrogen-bond donors (Lipinski definition) is 2. The number of piperidine rings is 1. The Balaban J connectivity index is 1.63. The molecule has 2 N–H and O–H groups in total. The van der Waals surface area contributed by atoms with Crippen LogP contribution >= 0.6 is 0 Å². The molecule has 0 bridgehead atoms. The molecule has 1 saturated heterocycles. The molecule has 0 amide bonds. The Morgan fingerprint density at radius 1 is 1.23 bits per heavy atom. The first-order valence-corrected chi connectivity index (χ1v) is 12.6. The molecule has 3 aromatic heterocycles. The van der Waals surface area contributed by atoms with Gasteiger partial charge >= 0.3 is 0 Å². The minimum atomic E-state index is -1.12. The lowest BCUT2D eigenvalue weighted by atomic mass is 10.0. The standard InChI is InChI=1S/C26H37N7O2/c1-5-7-8-15-31-16-12-19(13-17-31)28-25-27-18-20-23(30-25)33(32(14-6-2)24(20)34)22-11-9-10-21(29-22)26(3,4)35/h6,9-11,18-19,35H,2,5,7-8,12-17H2,1,3-4H3,(H,27,28,30). The Hall–Kier alpha value is -3.04. The summed E-state index contributed by atoms with van der Waals surface area (Å²) >= 11 is 0. The highest BCUT2D eigenvalue weighted by Gasteiger charge is 2.23. The van der Waals surface area contributed by atoms with Gasteiger partial charge in [-0.25, -0.2) is 19.3 Å². The molecule has 4 heterocycles. The number of likely N-dealkylation sites (tertiary alicyclic amines) is 1. The summed E-state index contributed by atoms with van der Waals surface area (Å²) in [6.07, 6.45) is 9.11. The van der Waals surface area contributed by atoms with Crippen LogP contribution in [-0.4, -0.2) is 60.0 Å². The number of rotatable bonds is 10. The molecule has 0 unspecified atom stereocenters. The van der Waals surface area contributed by atoms with Crippen LogP contribution in [-0.2, 0) is 12.1 Å². The van der Waals surface area contributed by atoms with Crippen molar-refractivity contribution in [1.29, 1.82) is 0 Å². The van der Waals surface area contributed by atoms with E-state index in [4.69, 9.17) is 4.98 Å². The number of nitrogens with zero attached hydrogens (tertiary/aromatic N) is 6. The van der Waals surface area contributed by atoms with Gasteiger partial charge in [0.25, 0.3) is 5.56 Å². The smallest absolute Gasteiger partial charge is 0.278 e. The quantitative estimate of drug-likeness (QED) is 0.339. The van der Waals surface area contributed by atoms with Crippen molar-refractivity contribution in [3.8, 4) is 5.82 Å². The van der Waals surface area contributed by atoms with Gasteiger partial charge < -0.3 is 15.3 Å². The van der Waals surface area contributed by atoms with E-state index >= 15 is 0 Å². The second kappa shape index (κ2) is 10.7. The third-order valence-corrected chi connectivity index (χ3v) is 6.55. The van der Waals surface area contributed by atoms with E-state index in [0.29, 0.717) is 41.1 Å². The summed E-state index contributed by atoms with van der Waals surface area (Å²) in [5.74, 6) is 1.01. The molecule has 0 saturated carbocycles. The predicted octanol–water partition coefficient (Wildman–Crippen LogP) is 3.46. The van der Waals surface area contributed by atoms with Gasteiger partial charge in [-0.15, -0.1) is 6.58 Å². The highest BCUT2D eigenvalue weighted by Crippen LogP contribution is 2.22. The van der Waals surface area contributed by atoms with Gasteiger partial charge in [0.1, 0.15) is 11.0 Å². The number of aromatic nitrogens is 5. The van der Waals surface area contributed by atoms with Crippen molar-refractivity contribution in [3.63, 3.8) is 0 Å². The van der Waals surface area contributed by atoms with Crippen LogP contribution in [0.1, 0.15) is 58.6 Å². The lowest BCUT2D eigenvalue weighted by Gasteiger charge is -2.32. The van der Waals surface area contributed by atoms with Crippen molar-refractivity contribution in [2.24, 2.45) is 0 Å². The first-order chi connectivity index (χ1) is 16.8. The van der Waals surface area contributed by atoms with Crippen molar-refractivity contribution in [2.75, 3.05) is 25.0 Å². The van der Waals surface area contributed by atoms with Gasteiger partial charge in [0.2, 0.25) is 5.95 Å². The SMILES string of the molecule is C=CCn1c(=O)c2cnc(NC3CCN(CCCCC)CC3)nc2n1-c1cccc(C(C)(C)O)n1. The highest BCUT2D eigenvalue weighted by atomic mass is 16.3. The predicted molar refractivity (Wildman–Crippen MR) is 139 cm³/mol. The van der Waals surface area contributed by atoms with Crippen LogP contribution in [0.15, 0.2) is 41.8 Å². The van der Waals surface area contributed by atoms with Gasteiger partial charge in [0.05, 0.1) is 12.2 Å². The Morgan fingerprint density at radius 2 is 2.00 bits per heavy atom. The third kappa shape index (κ3) is 5.62. The fourth-order valence-corrected chi connectivity index (χ4v) is 4.57. The molecule has 4 rings (SSSR count). The fourth-order valence-electron chi connectivity index (χ4n) is 4.57. The lowest BCUT2D eigenvalue weighted by molar-refractivity contribution is 0.0738. The molecule has 1 aliphatic heterocycles. The van der Waals surface area contributed by atoms with Crippen LogP contribution in [0.3, 0.4) is 0 Å². The maximum absolute atomic E-state index is 13.2. The number of nitrogens with one attached hydrogen (secondary N) is 1. The van der Waals surface area contributed by atoms with Crippen molar-refractivity contribution in [1.82, 2.24) is 29.2 Å². The monoisotopic (exact) mass is 479 g/mol. The normalized spacial score (nSPS) is 15.5. The number of unbranched alkanes of at least 4 members (excludes halogenated alkanes) is 2. The number of allylic oxidation sites excluding steroid dienone is 1. The first-order valence-electron chi connectivity index (χ1n) is 12.6. The first kappa shape index (κ1) is 25.1. The van der Waals surface area contributed by atoms with E-state index in [-0.39, 0.29) is 5.56 Å². The molecule has 0 aromatic carbocycles. The second-order valence-corrected chi connectivity index (χ2v) is 9.83. The molecule has 9 heteroatoms. The highest BCUT2D eigenvalue weighted by molar-refractivity contribution is 5.76. The molecule has 188 valence electrons. The summed E-state index contributed by atoms with van der Waals surface area (Å²) in [7, 11) is 0. The molecule has 1 fully saturated rings. The Morgan fingerprint density at radius 3 is 2.69 bits per heavy atom. The molecular weight excluding hydrogens is 442 g/mol. The zero-order valence-corrected chi connectivity index (χ0v) is 21.1. The van der Waals surface area contributed by atoms with Crippen LogP contribution < -0.4 is 10.9 Å². The largest absolute Gasteiger partial charge is 0.384 e. The van der Waals surface area contributed by atoms with Gasteiger partial charge in [-0.2, -0.15) is 4.98 Å². The van der Waals surface area contributed by atoms with E-state index in [1.54, 1.807) is 47.6 Å². The van der Waals surface area contributed by atoms with Crippen molar-refractivity contribution < 1.29 is 5.11 Å². The number of aliphatic hydroxyl groups is 1. The molecule has 3 aromatic rings. The summed E-state index contributed by atoms with van der Waals surface area (Å²) in [4.78, 5) is 29.5. The Labute approximate surface area is 206 Å². The maximum Gasteiger partial charge on any atom is 0.278 e. The van der Waals surface area contributed by atoms with Crippen molar-refractivity contribution in [2.45, 2.75) is 71.1 Å². The van der Waals surface area contributed by atoms with Gasteiger partial charge in [-0.1, -0.05) is 31.9 Å². The van der Waals surface area contributed by atoms with E-state index < -0.39 is 5.60 Å². The second-order valence-electron chi connectivity index (χ2n) is 9.83. The zero-order valence-electron chi connectivity index (χ0n) is 21.1. The van der Waals surface area contributed by atoms with E-state index in [2.05, 4.69) is 33.7 Å². The molecule has 35 heavy (non-hydrogen) atoms. The minimum absolute atomic E-state index is 0.206. The van der Waals surface area contributed by atoms with E-state index in [1.165, 1.54) is 25.8 Å². The topological polar surface area (TPSA) is 101 Å². The lowest BCUT2D eigenvalue weighted by Crippen LogP contribution is -2.39. The third-order valence-electron chi connectivity index (χ3n) is 6.55. The van der Waals surface area contributed by atoms with E-state index in [9.17, 15) is 9.90 Å². The average Bonchev–Trinajstić information content (AvgIpc) is 3.11. The molecule has 9 nitrogen and oxygen atoms in total. The van der Waals surface area contributed by atoms with Gasteiger partial charge in [0.15, 0.2) is 11.5 Å². The van der Waals surface area contributed by atoms with Crippen LogP contribution in [0.5, 0.6) is 0 Å². The molecule has 0 atom stereocenters. The van der Waals surface area contributed by atoms with Crippen molar-refractivity contribution >= 4 is 17.0 Å². The number of anilines is 1. The molecule has 0 radical (unpaired) electrons. The van der Waals surface area contributed by atoms with Gasteiger partial charge in [-0.3, -0.25) is 4.79 Å². The fraction of sp³-hybridized carbons (Fsp3) is 0.538. The van der Waals surface area contributed by atoms with E-state index in [1.807, 2.05) is 6.07 Å². The van der Waals surface area contributed by atoms with Crippen LogP contribution in [0.2, 0.25) is 0 Å². The molecule has 0 aliphatic carbocycles. The number of fused-ring (bicyclic) bond motifs is 1. The summed E-state index contributed by atoms with van der Waals surface area (Å²) in [6, 6.07) is 5.68. The van der Waals surface area contributed by atoms with Crippen LogP contribution in [0, 0.1) is 0 Å². The molecule has 1 aliphatic rings. The Bertz CT molecular complexity index is 1220. The van der Waals surface area contributed by atoms with Gasteiger partial charge in [0, 0.05) is 25.3 Å². The van der Waals surface area contributed by atoms with Crippen molar-refractivity contribution in [3.05, 3.63) is 53.1 Å². The summed E-state index contributed by atoms with van der Waals surface area (Å²) in [5.41, 5.74) is -0.336. The van der Waals surface area contributed by atoms with Gasteiger partial charge in [-0.05, 0) is 51.8 Å². The summed E-state index contributed by atoms with van der Waals surface area (Å²) in [6.45, 7) is 13.0. The zero-order chi connectivity index (χ0) is 25.0.